The highest BCUT2D eigenvalue weighted by molar-refractivity contribution is 5.97. The van der Waals surface area contributed by atoms with E-state index in [2.05, 4.69) is 5.32 Å². The van der Waals surface area contributed by atoms with Crippen LogP contribution in [0.5, 0.6) is 0 Å². The van der Waals surface area contributed by atoms with Crippen LogP contribution in [0.25, 0.3) is 0 Å². The van der Waals surface area contributed by atoms with Gasteiger partial charge in [0, 0.05) is 29.9 Å². The summed E-state index contributed by atoms with van der Waals surface area (Å²) in [6.45, 7) is 4.86. The third-order valence-electron chi connectivity index (χ3n) is 8.07. The zero-order valence-corrected chi connectivity index (χ0v) is 24.1. The lowest BCUT2D eigenvalue weighted by Crippen LogP contribution is -2.66. The van der Waals surface area contributed by atoms with E-state index in [0.29, 0.717) is 28.7 Å². The Morgan fingerprint density at radius 1 is 0.886 bits per heavy atom. The summed E-state index contributed by atoms with van der Waals surface area (Å²) in [5, 5.41) is 11.7. The number of carbonyl (C=O) groups is 4. The number of amides is 1. The van der Waals surface area contributed by atoms with Crippen molar-refractivity contribution in [2.24, 2.45) is 5.92 Å². The molecule has 0 spiro atoms. The number of hydrogen-bond donors (Lipinski definition) is 1. The summed E-state index contributed by atoms with van der Waals surface area (Å²) in [4.78, 5) is 48.4. The molecule has 3 aromatic rings. The van der Waals surface area contributed by atoms with Gasteiger partial charge in [-0.25, -0.2) is 4.79 Å². The number of carbonyl (C=O) groups excluding carboxylic acids is 4. The number of benzene rings is 3. The molecule has 0 radical (unpaired) electrons. The molecule has 44 heavy (non-hydrogen) atoms. The third-order valence-corrected chi connectivity index (χ3v) is 8.07. The Morgan fingerprint density at radius 3 is 1.93 bits per heavy atom. The van der Waals surface area contributed by atoms with Crippen molar-refractivity contribution in [2.45, 2.75) is 38.1 Å². The van der Waals surface area contributed by atoms with Crippen LogP contribution in [0.3, 0.4) is 0 Å². The zero-order valence-electron chi connectivity index (χ0n) is 24.1. The molecule has 8 nitrogen and oxygen atoms in total. The second-order valence-electron chi connectivity index (χ2n) is 11.2. The molecule has 0 saturated carbocycles. The molecule has 3 aliphatic rings. The van der Waals surface area contributed by atoms with E-state index < -0.39 is 24.2 Å². The van der Waals surface area contributed by atoms with Gasteiger partial charge in [-0.1, -0.05) is 78.4 Å². The van der Waals surface area contributed by atoms with E-state index in [9.17, 15) is 27.6 Å². The molecule has 2 bridgehead atoms. The molecule has 0 unspecified atom stereocenters. The number of esters is 1. The van der Waals surface area contributed by atoms with Crippen LogP contribution in [0.1, 0.15) is 50.7 Å². The van der Waals surface area contributed by atoms with Crippen LogP contribution in [0.4, 0.5) is 13.2 Å². The number of piperidine rings is 3. The van der Waals surface area contributed by atoms with E-state index >= 15 is 0 Å². The van der Waals surface area contributed by atoms with Crippen LogP contribution < -0.4 is 10.4 Å². The molecular weight excluding hydrogens is 577 g/mol. The minimum Gasteiger partial charge on any atom is -0.542 e. The number of nitrogens with one attached hydrogen (secondary N) is 1. The van der Waals surface area contributed by atoms with Gasteiger partial charge >= 0.3 is 12.1 Å². The number of Topliss-reactive ketones (excluding diaryl/α,β-unsaturated/α-hetero) is 1. The second kappa shape index (κ2) is 13.9. The Kier molecular flexibility index (Phi) is 10.2. The van der Waals surface area contributed by atoms with Gasteiger partial charge in [0.1, 0.15) is 19.1 Å². The molecule has 232 valence electrons. The van der Waals surface area contributed by atoms with Gasteiger partial charge in [0.05, 0.1) is 13.1 Å². The fourth-order valence-electron chi connectivity index (χ4n) is 5.66. The number of fused-ring (bicyclic) bond motifs is 3. The fraction of sp³-hybridized carbons (Fsp3) is 0.333. The molecule has 0 aromatic heterocycles. The molecule has 3 fully saturated rings. The van der Waals surface area contributed by atoms with Gasteiger partial charge in [-0.3, -0.25) is 9.59 Å². The largest absolute Gasteiger partial charge is 0.542 e. The van der Waals surface area contributed by atoms with Crippen LogP contribution in [0, 0.1) is 12.8 Å². The van der Waals surface area contributed by atoms with E-state index in [1.807, 2.05) is 67.6 Å². The second-order valence-corrected chi connectivity index (χ2v) is 11.2. The predicted octanol–water partition coefficient (Wildman–Crippen LogP) is 3.80. The number of ether oxygens (including phenoxy) is 1. The number of aliphatic carboxylic acids is 1. The number of carboxylic acid groups (broad SMARTS) is 1. The monoisotopic (exact) mass is 610 g/mol. The van der Waals surface area contributed by atoms with E-state index in [-0.39, 0.29) is 23.7 Å². The van der Waals surface area contributed by atoms with Crippen molar-refractivity contribution in [1.29, 1.82) is 0 Å². The number of alkyl halides is 3. The Labute approximate surface area is 253 Å². The van der Waals surface area contributed by atoms with Gasteiger partial charge in [-0.15, -0.1) is 0 Å². The number of ketones is 1. The molecule has 11 heteroatoms. The van der Waals surface area contributed by atoms with Crippen LogP contribution in [0.2, 0.25) is 0 Å². The Bertz CT molecular complexity index is 1450. The van der Waals surface area contributed by atoms with Crippen molar-refractivity contribution in [2.75, 3.05) is 26.2 Å². The summed E-state index contributed by atoms with van der Waals surface area (Å²) < 4.78 is 38.3. The Balaban J connectivity index is 0.000000566. The minimum atomic E-state index is -5.19. The normalized spacial score (nSPS) is 21.3. The maximum atomic E-state index is 13.6. The zero-order chi connectivity index (χ0) is 31.9. The number of rotatable bonds is 8. The maximum absolute atomic E-state index is 13.6. The molecule has 1 amide bonds. The SMILES string of the molecule is Cc1ccc([C@H](NC(=O)c2ccccc2)C(=O)O[C@H]2C[N+]3(CC(=O)c4ccccc4)CCC2CC3)cc1.O=C([O-])C(F)(F)F. The smallest absolute Gasteiger partial charge is 0.430 e. The number of nitrogens with zero attached hydrogens (tertiary/aromatic N) is 1. The van der Waals surface area contributed by atoms with Gasteiger partial charge in [0.2, 0.25) is 5.78 Å². The summed E-state index contributed by atoms with van der Waals surface area (Å²) >= 11 is 0. The molecule has 2 atom stereocenters. The topological polar surface area (TPSA) is 113 Å². The predicted molar refractivity (Wildman–Crippen MR) is 152 cm³/mol. The summed E-state index contributed by atoms with van der Waals surface area (Å²) in [6, 6.07) is 24.9. The van der Waals surface area contributed by atoms with Crippen molar-refractivity contribution in [3.8, 4) is 0 Å². The van der Waals surface area contributed by atoms with Gasteiger partial charge in [0.15, 0.2) is 12.1 Å². The van der Waals surface area contributed by atoms with Crippen LogP contribution in [-0.4, -0.2) is 66.6 Å². The maximum Gasteiger partial charge on any atom is 0.430 e. The van der Waals surface area contributed by atoms with Gasteiger partial charge in [0.25, 0.3) is 5.91 Å². The number of quaternary nitrogens is 1. The molecule has 3 heterocycles. The van der Waals surface area contributed by atoms with Crippen LogP contribution >= 0.6 is 0 Å². The van der Waals surface area contributed by atoms with E-state index in [0.717, 1.165) is 37.1 Å². The van der Waals surface area contributed by atoms with E-state index in [4.69, 9.17) is 14.6 Å². The van der Waals surface area contributed by atoms with Gasteiger partial charge in [-0.2, -0.15) is 13.2 Å². The molecule has 0 aliphatic carbocycles. The lowest BCUT2D eigenvalue weighted by atomic mass is 9.82. The van der Waals surface area contributed by atoms with E-state index in [1.54, 1.807) is 24.3 Å². The summed E-state index contributed by atoms with van der Waals surface area (Å²) in [5.74, 6) is -3.39. The summed E-state index contributed by atoms with van der Waals surface area (Å²) in [7, 11) is 0. The lowest BCUT2D eigenvalue weighted by Gasteiger charge is -2.51. The molecule has 6 rings (SSSR count). The first-order chi connectivity index (χ1) is 20.9. The van der Waals surface area contributed by atoms with Crippen molar-refractivity contribution >= 4 is 23.6 Å². The van der Waals surface area contributed by atoms with Gasteiger partial charge < -0.3 is 24.4 Å². The van der Waals surface area contributed by atoms with Crippen molar-refractivity contribution in [3.05, 3.63) is 107 Å². The van der Waals surface area contributed by atoms with Crippen molar-refractivity contribution in [1.82, 2.24) is 5.32 Å². The molecule has 3 saturated heterocycles. The standard InChI is InChI=1S/C31H32N2O4.C2HF3O2/c1-22-12-14-25(15-13-22)29(32-30(35)26-10-6-3-7-11-26)31(36)37-28-21-33(18-16-24(28)17-19-33)20-27(34)23-8-4-2-5-9-23;3-2(4,5)1(6)7/h2-15,24,28-29H,16-21H2,1H3;(H,6,7)/t24?,28-,29-,33?;/m0./s1. The molecule has 3 aliphatic heterocycles. The number of halogens is 3. The van der Waals surface area contributed by atoms with Crippen LogP contribution in [-0.2, 0) is 14.3 Å². The highest BCUT2D eigenvalue weighted by Crippen LogP contribution is 2.36. The average Bonchev–Trinajstić information content (AvgIpc) is 3.01. The first kappa shape index (κ1) is 32.4. The minimum absolute atomic E-state index is 0.124. The highest BCUT2D eigenvalue weighted by Gasteiger charge is 2.49. The summed E-state index contributed by atoms with van der Waals surface area (Å²) in [6.07, 6.45) is -3.63. The number of carboxylic acids is 1. The first-order valence-electron chi connectivity index (χ1n) is 14.2. The lowest BCUT2D eigenvalue weighted by molar-refractivity contribution is -0.938. The number of aryl methyl sites for hydroxylation is 1. The third kappa shape index (κ3) is 8.31. The molecule has 1 N–H and O–H groups in total. The summed E-state index contributed by atoms with van der Waals surface area (Å²) in [5.41, 5.74) is 2.96. The van der Waals surface area contributed by atoms with Crippen molar-refractivity contribution in [3.63, 3.8) is 0 Å². The highest BCUT2D eigenvalue weighted by atomic mass is 19.4. The molecule has 3 aromatic carbocycles. The Morgan fingerprint density at radius 2 is 1.41 bits per heavy atom. The van der Waals surface area contributed by atoms with Gasteiger partial charge in [-0.05, 0) is 24.6 Å². The first-order valence-corrected chi connectivity index (χ1v) is 14.2. The van der Waals surface area contributed by atoms with E-state index in [1.165, 1.54) is 0 Å². The van der Waals surface area contributed by atoms with Crippen LogP contribution in [0.15, 0.2) is 84.9 Å². The quantitative estimate of drug-likeness (QED) is 0.236. The fourth-order valence-corrected chi connectivity index (χ4v) is 5.66. The molecular formula is C33H33F3N2O6. The number of hydrogen-bond acceptors (Lipinski definition) is 6. The average molecular weight is 611 g/mol. The van der Waals surface area contributed by atoms with Crippen molar-refractivity contribution < 1.29 is 46.7 Å². The Hall–Kier alpha value is -4.51.